The maximum absolute atomic E-state index is 12.2. The fourth-order valence-corrected chi connectivity index (χ4v) is 2.10. The molecule has 0 radical (unpaired) electrons. The van der Waals surface area contributed by atoms with Crippen molar-refractivity contribution in [3.8, 4) is 0 Å². The average Bonchev–Trinajstić information content (AvgIpc) is 2.65. The minimum Gasteiger partial charge on any atom is -0.316 e. The Labute approximate surface area is 89.7 Å². The van der Waals surface area contributed by atoms with Crippen LogP contribution in [0.3, 0.4) is 0 Å². The number of aryl methyl sites for hydroxylation is 1. The molecule has 0 saturated carbocycles. The molecule has 0 amide bonds. The maximum Gasteiger partial charge on any atom is 0.190 e. The highest BCUT2D eigenvalue weighted by atomic mass is 16.1. The number of carbonyl (C=O) groups excluding carboxylic acids is 1. The standard InChI is InChI=1S/C11H17N3O/c1-11(5-3-6-12-8-11)10(15)9-4-7-14(2)13-9/h4,7,12H,3,5-6,8H2,1-2H3. The van der Waals surface area contributed by atoms with Gasteiger partial charge >= 0.3 is 0 Å². The number of piperidine rings is 1. The van der Waals surface area contributed by atoms with Gasteiger partial charge in [0.25, 0.3) is 0 Å². The average molecular weight is 207 g/mol. The molecule has 82 valence electrons. The number of hydrogen-bond donors (Lipinski definition) is 1. The van der Waals surface area contributed by atoms with E-state index in [-0.39, 0.29) is 11.2 Å². The molecular weight excluding hydrogens is 190 g/mol. The summed E-state index contributed by atoms with van der Waals surface area (Å²) in [5.41, 5.74) is 0.316. The van der Waals surface area contributed by atoms with Gasteiger partial charge in [-0.2, -0.15) is 5.10 Å². The number of Topliss-reactive ketones (excluding diaryl/α,β-unsaturated/α-hetero) is 1. The molecule has 2 rings (SSSR count). The van der Waals surface area contributed by atoms with Gasteiger partial charge in [-0.05, 0) is 25.5 Å². The largest absolute Gasteiger partial charge is 0.316 e. The third kappa shape index (κ3) is 1.95. The van der Waals surface area contributed by atoms with Gasteiger partial charge in [0, 0.05) is 25.2 Å². The minimum absolute atomic E-state index is 0.162. The summed E-state index contributed by atoms with van der Waals surface area (Å²) >= 11 is 0. The minimum atomic E-state index is -0.271. The van der Waals surface area contributed by atoms with E-state index in [0.717, 1.165) is 25.9 Å². The van der Waals surface area contributed by atoms with Crippen molar-refractivity contribution in [2.75, 3.05) is 13.1 Å². The van der Waals surface area contributed by atoms with Crippen LogP contribution in [0.1, 0.15) is 30.3 Å². The van der Waals surface area contributed by atoms with Crippen LogP contribution in [0.5, 0.6) is 0 Å². The molecule has 2 heterocycles. The van der Waals surface area contributed by atoms with E-state index in [4.69, 9.17) is 0 Å². The van der Waals surface area contributed by atoms with Gasteiger partial charge in [0.2, 0.25) is 0 Å². The SMILES string of the molecule is Cn1ccc(C(=O)C2(C)CCCNC2)n1. The molecule has 0 aromatic carbocycles. The van der Waals surface area contributed by atoms with Gasteiger partial charge < -0.3 is 5.32 Å². The van der Waals surface area contributed by atoms with E-state index in [0.29, 0.717) is 5.69 Å². The highest BCUT2D eigenvalue weighted by Gasteiger charge is 2.36. The van der Waals surface area contributed by atoms with Crippen molar-refractivity contribution in [1.29, 1.82) is 0 Å². The Morgan fingerprint density at radius 2 is 2.47 bits per heavy atom. The molecule has 1 aliphatic rings. The van der Waals surface area contributed by atoms with E-state index in [1.807, 2.05) is 20.2 Å². The van der Waals surface area contributed by atoms with Crippen LogP contribution in [0.2, 0.25) is 0 Å². The van der Waals surface area contributed by atoms with Gasteiger partial charge in [0.05, 0.1) is 0 Å². The highest BCUT2D eigenvalue weighted by molar-refractivity contribution is 5.98. The van der Waals surface area contributed by atoms with Crippen molar-refractivity contribution in [3.63, 3.8) is 0 Å². The first-order chi connectivity index (χ1) is 7.12. The Morgan fingerprint density at radius 1 is 1.67 bits per heavy atom. The highest BCUT2D eigenvalue weighted by Crippen LogP contribution is 2.29. The van der Waals surface area contributed by atoms with E-state index in [2.05, 4.69) is 10.4 Å². The molecule has 1 N–H and O–H groups in total. The van der Waals surface area contributed by atoms with E-state index < -0.39 is 0 Å². The Morgan fingerprint density at radius 3 is 3.00 bits per heavy atom. The van der Waals surface area contributed by atoms with Gasteiger partial charge in [-0.3, -0.25) is 9.48 Å². The number of nitrogens with one attached hydrogen (secondary N) is 1. The third-order valence-electron chi connectivity index (χ3n) is 3.09. The molecule has 0 aliphatic carbocycles. The van der Waals surface area contributed by atoms with Crippen molar-refractivity contribution >= 4 is 5.78 Å². The number of rotatable bonds is 2. The fourth-order valence-electron chi connectivity index (χ4n) is 2.10. The van der Waals surface area contributed by atoms with Crippen molar-refractivity contribution in [2.24, 2.45) is 12.5 Å². The van der Waals surface area contributed by atoms with Crippen LogP contribution in [0.4, 0.5) is 0 Å². The zero-order valence-electron chi connectivity index (χ0n) is 9.29. The molecule has 0 spiro atoms. The lowest BCUT2D eigenvalue weighted by atomic mass is 9.78. The van der Waals surface area contributed by atoms with Crippen molar-refractivity contribution in [2.45, 2.75) is 19.8 Å². The second-order valence-corrected chi connectivity index (χ2v) is 4.54. The zero-order chi connectivity index (χ0) is 10.9. The van der Waals surface area contributed by atoms with Gasteiger partial charge in [0.15, 0.2) is 5.78 Å². The first-order valence-corrected chi connectivity index (χ1v) is 5.37. The van der Waals surface area contributed by atoms with Crippen LogP contribution in [0.15, 0.2) is 12.3 Å². The van der Waals surface area contributed by atoms with E-state index in [1.165, 1.54) is 0 Å². The van der Waals surface area contributed by atoms with Crippen LogP contribution < -0.4 is 5.32 Å². The summed E-state index contributed by atoms with van der Waals surface area (Å²) in [6.07, 6.45) is 3.83. The van der Waals surface area contributed by atoms with Crippen LogP contribution in [-0.2, 0) is 7.05 Å². The van der Waals surface area contributed by atoms with E-state index in [9.17, 15) is 4.79 Å². The monoisotopic (exact) mass is 207 g/mol. The summed E-state index contributed by atoms with van der Waals surface area (Å²) in [7, 11) is 1.83. The summed E-state index contributed by atoms with van der Waals surface area (Å²) in [6.45, 7) is 3.81. The number of aromatic nitrogens is 2. The first kappa shape index (κ1) is 10.4. The normalized spacial score (nSPS) is 26.5. The molecular formula is C11H17N3O. The van der Waals surface area contributed by atoms with Crippen molar-refractivity contribution < 1.29 is 4.79 Å². The fraction of sp³-hybridized carbons (Fsp3) is 0.636. The predicted octanol–water partition coefficient (Wildman–Crippen LogP) is 0.992. The Balaban J connectivity index is 2.19. The van der Waals surface area contributed by atoms with Gasteiger partial charge in [0.1, 0.15) is 5.69 Å². The molecule has 15 heavy (non-hydrogen) atoms. The van der Waals surface area contributed by atoms with Crippen LogP contribution >= 0.6 is 0 Å². The summed E-state index contributed by atoms with van der Waals surface area (Å²) in [5.74, 6) is 0.162. The zero-order valence-corrected chi connectivity index (χ0v) is 9.29. The van der Waals surface area contributed by atoms with Gasteiger partial charge in [-0.1, -0.05) is 6.92 Å². The van der Waals surface area contributed by atoms with Crippen molar-refractivity contribution in [3.05, 3.63) is 18.0 Å². The Bertz CT molecular complexity index is 364. The molecule has 1 aromatic heterocycles. The molecule has 1 saturated heterocycles. The van der Waals surface area contributed by atoms with Crippen molar-refractivity contribution in [1.82, 2.24) is 15.1 Å². The van der Waals surface area contributed by atoms with E-state index in [1.54, 1.807) is 10.7 Å². The number of hydrogen-bond acceptors (Lipinski definition) is 3. The molecule has 1 aliphatic heterocycles. The van der Waals surface area contributed by atoms with Crippen LogP contribution in [0, 0.1) is 5.41 Å². The molecule has 1 unspecified atom stereocenters. The summed E-state index contributed by atoms with van der Waals surface area (Å²) in [4.78, 5) is 12.2. The molecule has 1 aromatic rings. The number of nitrogens with zero attached hydrogens (tertiary/aromatic N) is 2. The quantitative estimate of drug-likeness (QED) is 0.736. The second kappa shape index (κ2) is 3.77. The summed E-state index contributed by atoms with van der Waals surface area (Å²) < 4.78 is 1.67. The molecule has 4 nitrogen and oxygen atoms in total. The van der Waals surface area contributed by atoms with Crippen LogP contribution in [-0.4, -0.2) is 28.7 Å². The molecule has 4 heteroatoms. The third-order valence-corrected chi connectivity index (χ3v) is 3.09. The molecule has 1 atom stereocenters. The summed E-state index contributed by atoms with van der Waals surface area (Å²) in [6, 6.07) is 1.79. The maximum atomic E-state index is 12.2. The lowest BCUT2D eigenvalue weighted by molar-refractivity contribution is 0.0766. The molecule has 1 fully saturated rings. The second-order valence-electron chi connectivity index (χ2n) is 4.54. The Hall–Kier alpha value is -1.16. The smallest absolute Gasteiger partial charge is 0.190 e. The van der Waals surface area contributed by atoms with Crippen LogP contribution in [0.25, 0.3) is 0 Å². The first-order valence-electron chi connectivity index (χ1n) is 5.37. The lowest BCUT2D eigenvalue weighted by Gasteiger charge is -2.31. The number of carbonyl (C=O) groups is 1. The topological polar surface area (TPSA) is 46.9 Å². The Kier molecular flexibility index (Phi) is 2.61. The van der Waals surface area contributed by atoms with Gasteiger partial charge in [-0.15, -0.1) is 0 Å². The predicted molar refractivity (Wildman–Crippen MR) is 57.7 cm³/mol. The number of ketones is 1. The summed E-state index contributed by atoms with van der Waals surface area (Å²) in [5, 5.41) is 7.45. The molecule has 0 bridgehead atoms. The van der Waals surface area contributed by atoms with E-state index >= 15 is 0 Å². The lowest BCUT2D eigenvalue weighted by Crippen LogP contribution is -2.43. The van der Waals surface area contributed by atoms with Gasteiger partial charge in [-0.25, -0.2) is 0 Å².